The standard InChI is InChI=1S/C15H15N3O3S/c1-17-13(20)11(9-16)15-18(10-5-3-2-4-6-10)14(21)12(22-15)7-8-19/h2-6,12,19H,7-8H2,1H3,(H,17,20)/b15-11-/t12-/m1/s1. The fourth-order valence-electron chi connectivity index (χ4n) is 2.09. The minimum Gasteiger partial charge on any atom is -0.396 e. The average molecular weight is 317 g/mol. The summed E-state index contributed by atoms with van der Waals surface area (Å²) < 4.78 is 0. The van der Waals surface area contributed by atoms with Crippen molar-refractivity contribution >= 4 is 29.3 Å². The second-order valence-electron chi connectivity index (χ2n) is 4.50. The minimum absolute atomic E-state index is 0.106. The lowest BCUT2D eigenvalue weighted by atomic mass is 10.2. The zero-order valence-corrected chi connectivity index (χ0v) is 12.8. The fraction of sp³-hybridized carbons (Fsp3) is 0.267. The maximum Gasteiger partial charge on any atom is 0.264 e. The molecule has 1 atom stereocenters. The van der Waals surface area contributed by atoms with E-state index in [1.165, 1.54) is 11.9 Å². The van der Waals surface area contributed by atoms with E-state index in [9.17, 15) is 14.9 Å². The van der Waals surface area contributed by atoms with Crippen molar-refractivity contribution in [2.24, 2.45) is 0 Å². The highest BCUT2D eigenvalue weighted by atomic mass is 32.2. The molecule has 0 saturated carbocycles. The number of nitriles is 1. The molecule has 0 aromatic heterocycles. The molecule has 1 fully saturated rings. The Morgan fingerprint density at radius 2 is 2.14 bits per heavy atom. The van der Waals surface area contributed by atoms with Gasteiger partial charge in [-0.3, -0.25) is 14.5 Å². The largest absolute Gasteiger partial charge is 0.396 e. The molecule has 1 aromatic carbocycles. The normalized spacial score (nSPS) is 19.8. The molecule has 1 aliphatic heterocycles. The van der Waals surface area contributed by atoms with Gasteiger partial charge in [-0.05, 0) is 18.6 Å². The Morgan fingerprint density at radius 3 is 2.68 bits per heavy atom. The lowest BCUT2D eigenvalue weighted by Gasteiger charge is -2.18. The third-order valence-corrected chi connectivity index (χ3v) is 4.47. The van der Waals surface area contributed by atoms with Gasteiger partial charge in [0.1, 0.15) is 16.7 Å². The van der Waals surface area contributed by atoms with Crippen LogP contribution >= 0.6 is 11.8 Å². The van der Waals surface area contributed by atoms with Gasteiger partial charge in [0.05, 0.1) is 5.25 Å². The van der Waals surface area contributed by atoms with Crippen LogP contribution in [0, 0.1) is 11.3 Å². The summed E-state index contributed by atoms with van der Waals surface area (Å²) in [4.78, 5) is 25.8. The number of carbonyl (C=O) groups excluding carboxylic acids is 2. The van der Waals surface area contributed by atoms with Gasteiger partial charge < -0.3 is 10.4 Å². The number of nitrogens with one attached hydrogen (secondary N) is 1. The molecule has 0 spiro atoms. The molecule has 1 aromatic rings. The molecule has 0 aliphatic carbocycles. The Balaban J connectivity index is 2.54. The third kappa shape index (κ3) is 2.98. The molecule has 22 heavy (non-hydrogen) atoms. The molecule has 2 amide bonds. The van der Waals surface area contributed by atoms with Crippen molar-refractivity contribution in [1.82, 2.24) is 5.32 Å². The van der Waals surface area contributed by atoms with E-state index < -0.39 is 11.2 Å². The number of hydrogen-bond acceptors (Lipinski definition) is 5. The van der Waals surface area contributed by atoms with Crippen molar-refractivity contribution in [1.29, 1.82) is 5.26 Å². The van der Waals surface area contributed by atoms with Crippen LogP contribution in [0.15, 0.2) is 40.9 Å². The van der Waals surface area contributed by atoms with Crippen molar-refractivity contribution in [3.63, 3.8) is 0 Å². The Morgan fingerprint density at radius 1 is 1.45 bits per heavy atom. The van der Waals surface area contributed by atoms with Crippen LogP contribution in [0.2, 0.25) is 0 Å². The summed E-state index contributed by atoms with van der Waals surface area (Å²) in [7, 11) is 1.43. The lowest BCUT2D eigenvalue weighted by molar-refractivity contribution is -0.117. The minimum atomic E-state index is -0.539. The second-order valence-corrected chi connectivity index (χ2v) is 5.69. The number of aliphatic hydroxyl groups is 1. The van der Waals surface area contributed by atoms with E-state index in [4.69, 9.17) is 5.11 Å². The molecular weight excluding hydrogens is 302 g/mol. The van der Waals surface area contributed by atoms with E-state index in [1.807, 2.05) is 12.1 Å². The quantitative estimate of drug-likeness (QED) is 0.638. The van der Waals surface area contributed by atoms with Crippen LogP contribution in [-0.4, -0.2) is 35.8 Å². The summed E-state index contributed by atoms with van der Waals surface area (Å²) in [6, 6.07) is 10.7. The van der Waals surface area contributed by atoms with E-state index >= 15 is 0 Å². The van der Waals surface area contributed by atoms with Crippen LogP contribution in [-0.2, 0) is 9.59 Å². The highest BCUT2D eigenvalue weighted by molar-refractivity contribution is 8.05. The molecule has 0 unspecified atom stereocenters. The molecule has 7 heteroatoms. The van der Waals surface area contributed by atoms with Gasteiger partial charge in [0.2, 0.25) is 5.91 Å². The number of para-hydroxylation sites is 1. The number of likely N-dealkylation sites (N-methyl/N-ethyl adjacent to an activating group) is 1. The zero-order chi connectivity index (χ0) is 16.1. The van der Waals surface area contributed by atoms with Crippen LogP contribution in [0.5, 0.6) is 0 Å². The Labute approximate surface area is 132 Å². The number of hydrogen-bond donors (Lipinski definition) is 2. The second kappa shape index (κ2) is 7.11. The van der Waals surface area contributed by atoms with Crippen LogP contribution in [0.4, 0.5) is 5.69 Å². The van der Waals surface area contributed by atoms with Crippen molar-refractivity contribution in [2.75, 3.05) is 18.6 Å². The number of aliphatic hydroxyl groups excluding tert-OH is 1. The lowest BCUT2D eigenvalue weighted by Crippen LogP contribution is -2.31. The summed E-state index contributed by atoms with van der Waals surface area (Å²) in [6.45, 7) is -0.138. The smallest absolute Gasteiger partial charge is 0.264 e. The van der Waals surface area contributed by atoms with Crippen molar-refractivity contribution in [3.8, 4) is 6.07 Å². The van der Waals surface area contributed by atoms with Crippen LogP contribution in [0.3, 0.4) is 0 Å². The van der Waals surface area contributed by atoms with Crippen LogP contribution in [0.25, 0.3) is 0 Å². The van der Waals surface area contributed by atoms with Crippen LogP contribution < -0.4 is 10.2 Å². The summed E-state index contributed by atoms with van der Waals surface area (Å²) in [6.07, 6.45) is 0.267. The number of anilines is 1. The molecule has 2 rings (SSSR count). The van der Waals surface area contributed by atoms with Gasteiger partial charge in [0, 0.05) is 19.3 Å². The fourth-order valence-corrected chi connectivity index (χ4v) is 3.35. The van der Waals surface area contributed by atoms with Gasteiger partial charge in [-0.1, -0.05) is 30.0 Å². The SMILES string of the molecule is CNC(=O)/C(C#N)=C1\S[C@H](CCO)C(=O)N1c1ccccc1. The third-order valence-electron chi connectivity index (χ3n) is 3.14. The average Bonchev–Trinajstić information content (AvgIpc) is 2.86. The molecule has 2 N–H and O–H groups in total. The number of rotatable bonds is 4. The first-order valence-corrected chi connectivity index (χ1v) is 7.55. The molecule has 1 heterocycles. The highest BCUT2D eigenvalue weighted by Crippen LogP contribution is 2.41. The number of carbonyl (C=O) groups is 2. The molecular formula is C15H15N3O3S. The number of thioether (sulfide) groups is 1. The predicted octanol–water partition coefficient (Wildman–Crippen LogP) is 0.999. The van der Waals surface area contributed by atoms with Crippen molar-refractivity contribution in [3.05, 3.63) is 40.9 Å². The molecule has 1 saturated heterocycles. The molecule has 1 aliphatic rings. The van der Waals surface area contributed by atoms with E-state index in [0.29, 0.717) is 10.7 Å². The first-order chi connectivity index (χ1) is 10.6. The van der Waals surface area contributed by atoms with Gasteiger partial charge in [-0.25, -0.2) is 0 Å². The zero-order valence-electron chi connectivity index (χ0n) is 11.9. The number of benzene rings is 1. The van der Waals surface area contributed by atoms with Crippen LogP contribution in [0.1, 0.15) is 6.42 Å². The van der Waals surface area contributed by atoms with Gasteiger partial charge in [-0.2, -0.15) is 5.26 Å². The topological polar surface area (TPSA) is 93.4 Å². The Kier molecular flexibility index (Phi) is 5.20. The predicted molar refractivity (Wildman–Crippen MR) is 83.7 cm³/mol. The summed E-state index contributed by atoms with van der Waals surface area (Å²) in [5.41, 5.74) is 0.484. The van der Waals surface area contributed by atoms with E-state index in [1.54, 1.807) is 24.3 Å². The highest BCUT2D eigenvalue weighted by Gasteiger charge is 2.40. The maximum atomic E-state index is 12.6. The Bertz CT molecular complexity index is 652. The monoisotopic (exact) mass is 317 g/mol. The maximum absolute atomic E-state index is 12.6. The van der Waals surface area contributed by atoms with E-state index in [0.717, 1.165) is 11.8 Å². The molecule has 0 bridgehead atoms. The first kappa shape index (κ1) is 16.1. The van der Waals surface area contributed by atoms with Crippen molar-refractivity contribution in [2.45, 2.75) is 11.7 Å². The van der Waals surface area contributed by atoms with E-state index in [-0.39, 0.29) is 24.5 Å². The number of amides is 2. The van der Waals surface area contributed by atoms with Gasteiger partial charge in [-0.15, -0.1) is 0 Å². The summed E-state index contributed by atoms with van der Waals surface area (Å²) in [5.74, 6) is -0.778. The van der Waals surface area contributed by atoms with Crippen molar-refractivity contribution < 1.29 is 14.7 Å². The molecule has 6 nitrogen and oxygen atoms in total. The number of nitrogens with zero attached hydrogens (tertiary/aromatic N) is 2. The van der Waals surface area contributed by atoms with Gasteiger partial charge in [0.15, 0.2) is 0 Å². The van der Waals surface area contributed by atoms with E-state index in [2.05, 4.69) is 5.32 Å². The molecule has 114 valence electrons. The van der Waals surface area contributed by atoms with Gasteiger partial charge >= 0.3 is 0 Å². The summed E-state index contributed by atoms with van der Waals surface area (Å²) >= 11 is 1.14. The Hall–Kier alpha value is -2.30. The first-order valence-electron chi connectivity index (χ1n) is 6.67. The molecule has 0 radical (unpaired) electrons. The van der Waals surface area contributed by atoms with Gasteiger partial charge in [0.25, 0.3) is 5.91 Å². The summed E-state index contributed by atoms with van der Waals surface area (Å²) in [5, 5.41) is 20.6.